The average molecular weight is 359 g/mol. The van der Waals surface area contributed by atoms with Crippen LogP contribution >= 0.6 is 39.0 Å². The van der Waals surface area contributed by atoms with E-state index in [1.54, 1.807) is 25.2 Å². The molecule has 0 saturated carbocycles. The van der Waals surface area contributed by atoms with Crippen LogP contribution in [0.1, 0.15) is 27.4 Å². The fraction of sp³-hybridized carbons (Fsp3) is 0.250. The standard InChI is InChI=1S/C12H11BrN2O2S2/c1-6-10(12(16)17)11(15-7(2)14-6)19-5-8-3-9(13)18-4-8/h3-4H,5H2,1-2H3,(H,16,17). The van der Waals surface area contributed by atoms with Crippen molar-refractivity contribution >= 4 is 45.0 Å². The quantitative estimate of drug-likeness (QED) is 0.662. The van der Waals surface area contributed by atoms with Gasteiger partial charge in [0.2, 0.25) is 0 Å². The van der Waals surface area contributed by atoms with Crippen molar-refractivity contribution < 1.29 is 9.90 Å². The van der Waals surface area contributed by atoms with Crippen molar-refractivity contribution in [1.82, 2.24) is 9.97 Å². The van der Waals surface area contributed by atoms with Crippen molar-refractivity contribution in [1.29, 1.82) is 0 Å². The summed E-state index contributed by atoms with van der Waals surface area (Å²) in [5.74, 6) is 0.307. The Kier molecular flexibility index (Phi) is 4.59. The summed E-state index contributed by atoms with van der Waals surface area (Å²) in [5.41, 5.74) is 1.85. The van der Waals surface area contributed by atoms with Crippen LogP contribution in [0.4, 0.5) is 0 Å². The number of carboxylic acid groups (broad SMARTS) is 1. The molecule has 0 amide bonds. The van der Waals surface area contributed by atoms with Crippen molar-refractivity contribution in [3.63, 3.8) is 0 Å². The number of rotatable bonds is 4. The van der Waals surface area contributed by atoms with Crippen LogP contribution in [0.3, 0.4) is 0 Å². The second-order valence-electron chi connectivity index (χ2n) is 3.89. The van der Waals surface area contributed by atoms with E-state index in [-0.39, 0.29) is 5.56 Å². The van der Waals surface area contributed by atoms with E-state index in [4.69, 9.17) is 0 Å². The van der Waals surface area contributed by atoms with Gasteiger partial charge in [-0.15, -0.1) is 23.1 Å². The summed E-state index contributed by atoms with van der Waals surface area (Å²) < 4.78 is 1.07. The lowest BCUT2D eigenvalue weighted by molar-refractivity contribution is 0.0690. The summed E-state index contributed by atoms with van der Waals surface area (Å²) in [6.45, 7) is 3.47. The molecule has 0 saturated heterocycles. The second kappa shape index (κ2) is 6.02. The molecule has 0 aromatic carbocycles. The Balaban J connectivity index is 2.26. The first-order valence-electron chi connectivity index (χ1n) is 5.41. The molecule has 1 N–H and O–H groups in total. The maximum absolute atomic E-state index is 11.3. The molecule has 0 aliphatic heterocycles. The van der Waals surface area contributed by atoms with Crippen molar-refractivity contribution in [2.75, 3.05) is 0 Å². The molecule has 0 radical (unpaired) electrons. The van der Waals surface area contributed by atoms with Crippen LogP contribution in [-0.2, 0) is 5.75 Å². The summed E-state index contributed by atoms with van der Waals surface area (Å²) >= 11 is 6.44. The van der Waals surface area contributed by atoms with Gasteiger partial charge in [0.05, 0.1) is 9.48 Å². The minimum Gasteiger partial charge on any atom is -0.478 e. The molecule has 2 rings (SSSR count). The Bertz CT molecular complexity index is 628. The molecule has 0 aliphatic carbocycles. The largest absolute Gasteiger partial charge is 0.478 e. The maximum atomic E-state index is 11.3. The van der Waals surface area contributed by atoms with Crippen molar-refractivity contribution in [3.8, 4) is 0 Å². The SMILES string of the molecule is Cc1nc(C)c(C(=O)O)c(SCc2csc(Br)c2)n1. The van der Waals surface area contributed by atoms with E-state index < -0.39 is 5.97 Å². The number of aromatic carboxylic acids is 1. The number of carboxylic acids is 1. The number of carbonyl (C=O) groups is 1. The van der Waals surface area contributed by atoms with Crippen LogP contribution in [0.2, 0.25) is 0 Å². The predicted molar refractivity (Wildman–Crippen MR) is 80.0 cm³/mol. The molecule has 0 unspecified atom stereocenters. The fourth-order valence-electron chi connectivity index (χ4n) is 1.61. The molecule has 0 bridgehead atoms. The lowest BCUT2D eigenvalue weighted by Crippen LogP contribution is -2.08. The van der Waals surface area contributed by atoms with Crippen LogP contribution in [-0.4, -0.2) is 21.0 Å². The van der Waals surface area contributed by atoms with Crippen molar-refractivity contribution in [2.45, 2.75) is 24.6 Å². The van der Waals surface area contributed by atoms with Crippen molar-refractivity contribution in [2.24, 2.45) is 0 Å². The third-order valence-electron chi connectivity index (χ3n) is 2.38. The van der Waals surface area contributed by atoms with Crippen LogP contribution in [0.5, 0.6) is 0 Å². The minimum atomic E-state index is -0.980. The molecular formula is C12H11BrN2O2S2. The molecule has 7 heteroatoms. The number of halogens is 1. The third kappa shape index (κ3) is 3.55. The zero-order valence-electron chi connectivity index (χ0n) is 10.3. The first-order chi connectivity index (χ1) is 8.97. The highest BCUT2D eigenvalue weighted by molar-refractivity contribution is 9.11. The van der Waals surface area contributed by atoms with Gasteiger partial charge >= 0.3 is 5.97 Å². The molecule has 2 aromatic heterocycles. The van der Waals surface area contributed by atoms with Crippen molar-refractivity contribution in [3.05, 3.63) is 37.9 Å². The lowest BCUT2D eigenvalue weighted by Gasteiger charge is -2.07. The number of hydrogen-bond acceptors (Lipinski definition) is 5. The highest BCUT2D eigenvalue weighted by Gasteiger charge is 2.17. The van der Waals surface area contributed by atoms with Gasteiger partial charge in [-0.1, -0.05) is 0 Å². The number of nitrogens with zero attached hydrogens (tertiary/aromatic N) is 2. The first-order valence-corrected chi connectivity index (χ1v) is 8.07. The first kappa shape index (κ1) is 14.5. The third-order valence-corrected chi connectivity index (χ3v) is 4.98. The molecule has 0 spiro atoms. The number of aryl methyl sites for hydroxylation is 2. The van der Waals surface area contributed by atoms with Gasteiger partial charge in [0.1, 0.15) is 16.4 Å². The number of aromatic nitrogens is 2. The van der Waals surface area contributed by atoms with E-state index in [0.29, 0.717) is 22.3 Å². The van der Waals surface area contributed by atoms with E-state index in [0.717, 1.165) is 9.35 Å². The van der Waals surface area contributed by atoms with E-state index >= 15 is 0 Å². The van der Waals surface area contributed by atoms with Gasteiger partial charge in [-0.25, -0.2) is 14.8 Å². The summed E-state index contributed by atoms with van der Waals surface area (Å²) in [5, 5.41) is 11.8. The number of thioether (sulfide) groups is 1. The van der Waals surface area contributed by atoms with Crippen LogP contribution in [0.25, 0.3) is 0 Å². The molecule has 2 heterocycles. The average Bonchev–Trinajstić information content (AvgIpc) is 2.71. The number of thiophene rings is 1. The fourth-order valence-corrected chi connectivity index (χ4v) is 3.97. The van der Waals surface area contributed by atoms with E-state index in [1.165, 1.54) is 11.8 Å². The normalized spacial score (nSPS) is 10.7. The monoisotopic (exact) mass is 358 g/mol. The van der Waals surface area contributed by atoms with E-state index in [9.17, 15) is 9.90 Å². The summed E-state index contributed by atoms with van der Waals surface area (Å²) in [6, 6.07) is 2.03. The van der Waals surface area contributed by atoms with E-state index in [1.807, 2.05) is 11.4 Å². The lowest BCUT2D eigenvalue weighted by atomic mass is 10.2. The summed E-state index contributed by atoms with van der Waals surface area (Å²) in [7, 11) is 0. The van der Waals surface area contributed by atoms with Gasteiger partial charge in [0.15, 0.2) is 0 Å². The van der Waals surface area contributed by atoms with Gasteiger partial charge in [-0.3, -0.25) is 0 Å². The zero-order chi connectivity index (χ0) is 14.0. The van der Waals surface area contributed by atoms with E-state index in [2.05, 4.69) is 25.9 Å². The maximum Gasteiger partial charge on any atom is 0.340 e. The van der Waals surface area contributed by atoms with Gasteiger partial charge in [0.25, 0.3) is 0 Å². The second-order valence-corrected chi connectivity index (χ2v) is 7.14. The Morgan fingerprint density at radius 3 is 2.79 bits per heavy atom. The van der Waals surface area contributed by atoms with Crippen LogP contribution in [0.15, 0.2) is 20.3 Å². The molecule has 19 heavy (non-hydrogen) atoms. The minimum absolute atomic E-state index is 0.199. The molecular weight excluding hydrogens is 348 g/mol. The Morgan fingerprint density at radius 2 is 2.21 bits per heavy atom. The predicted octanol–water partition coefficient (Wildman–Crippen LogP) is 3.91. The Labute approximate surface area is 127 Å². The van der Waals surface area contributed by atoms with Gasteiger partial charge in [0, 0.05) is 5.75 Å². The van der Waals surface area contributed by atoms with Gasteiger partial charge in [-0.05, 0) is 46.8 Å². The Hall–Kier alpha value is -0.920. The molecule has 0 aliphatic rings. The molecule has 0 fully saturated rings. The van der Waals surface area contributed by atoms with Gasteiger partial charge < -0.3 is 5.11 Å². The number of hydrogen-bond donors (Lipinski definition) is 1. The highest BCUT2D eigenvalue weighted by atomic mass is 79.9. The van der Waals surface area contributed by atoms with Crippen LogP contribution in [0, 0.1) is 13.8 Å². The molecule has 100 valence electrons. The highest BCUT2D eigenvalue weighted by Crippen LogP contribution is 2.29. The van der Waals surface area contributed by atoms with Crippen LogP contribution < -0.4 is 0 Å². The summed E-state index contributed by atoms with van der Waals surface area (Å²) in [6.07, 6.45) is 0. The molecule has 0 atom stereocenters. The zero-order valence-corrected chi connectivity index (χ0v) is 13.5. The van der Waals surface area contributed by atoms with Gasteiger partial charge in [-0.2, -0.15) is 0 Å². The molecule has 2 aromatic rings. The topological polar surface area (TPSA) is 63.1 Å². The Morgan fingerprint density at radius 1 is 1.47 bits per heavy atom. The smallest absolute Gasteiger partial charge is 0.340 e. The summed E-state index contributed by atoms with van der Waals surface area (Å²) in [4.78, 5) is 19.6. The molecule has 4 nitrogen and oxygen atoms in total.